The standard InChI is InChI=1S/C20H18FN3O3/c1-26-16-7-8-17(19(12-16)27-2)23-15-9-10-22-18(11-15)20(25)24-14-5-3-13(21)4-6-14/h3-12H,1-2H3,(H,22,23)(H,24,25). The number of amides is 1. The molecule has 6 nitrogen and oxygen atoms in total. The zero-order chi connectivity index (χ0) is 19.2. The monoisotopic (exact) mass is 367 g/mol. The number of halogens is 1. The summed E-state index contributed by atoms with van der Waals surface area (Å²) in [6.45, 7) is 0. The lowest BCUT2D eigenvalue weighted by Gasteiger charge is -2.13. The molecule has 0 aliphatic rings. The van der Waals surface area contributed by atoms with E-state index in [0.717, 1.165) is 5.69 Å². The van der Waals surface area contributed by atoms with Crippen molar-refractivity contribution in [1.82, 2.24) is 4.98 Å². The molecule has 1 aromatic heterocycles. The fourth-order valence-electron chi connectivity index (χ4n) is 2.42. The Hall–Kier alpha value is -3.61. The summed E-state index contributed by atoms with van der Waals surface area (Å²) in [4.78, 5) is 16.5. The summed E-state index contributed by atoms with van der Waals surface area (Å²) in [7, 11) is 3.14. The number of benzene rings is 2. The van der Waals surface area contributed by atoms with Crippen LogP contribution in [0.2, 0.25) is 0 Å². The summed E-state index contributed by atoms with van der Waals surface area (Å²) in [5, 5.41) is 5.87. The topological polar surface area (TPSA) is 72.5 Å². The molecule has 27 heavy (non-hydrogen) atoms. The van der Waals surface area contributed by atoms with Crippen LogP contribution < -0.4 is 20.1 Å². The molecular weight excluding hydrogens is 349 g/mol. The third-order valence-electron chi connectivity index (χ3n) is 3.78. The molecule has 0 radical (unpaired) electrons. The average Bonchev–Trinajstić information content (AvgIpc) is 2.70. The van der Waals surface area contributed by atoms with Crippen molar-refractivity contribution in [3.63, 3.8) is 0 Å². The molecule has 0 unspecified atom stereocenters. The number of pyridine rings is 1. The molecule has 7 heteroatoms. The zero-order valence-corrected chi connectivity index (χ0v) is 14.8. The third kappa shape index (κ3) is 4.52. The second-order valence-electron chi connectivity index (χ2n) is 5.58. The van der Waals surface area contributed by atoms with Gasteiger partial charge in [0.05, 0.1) is 19.9 Å². The number of anilines is 3. The molecule has 0 aliphatic carbocycles. The van der Waals surface area contributed by atoms with Crippen molar-refractivity contribution in [2.75, 3.05) is 24.9 Å². The summed E-state index contributed by atoms with van der Waals surface area (Å²) >= 11 is 0. The van der Waals surface area contributed by atoms with Crippen LogP contribution in [0.15, 0.2) is 60.8 Å². The van der Waals surface area contributed by atoms with E-state index >= 15 is 0 Å². The van der Waals surface area contributed by atoms with Gasteiger partial charge in [-0.25, -0.2) is 4.39 Å². The molecule has 0 spiro atoms. The number of rotatable bonds is 6. The Morgan fingerprint density at radius 1 is 0.963 bits per heavy atom. The number of hydrogen-bond acceptors (Lipinski definition) is 5. The maximum absolute atomic E-state index is 13.0. The maximum Gasteiger partial charge on any atom is 0.274 e. The van der Waals surface area contributed by atoms with E-state index in [9.17, 15) is 9.18 Å². The Balaban J connectivity index is 1.77. The van der Waals surface area contributed by atoms with Crippen molar-refractivity contribution in [3.8, 4) is 11.5 Å². The van der Waals surface area contributed by atoms with Gasteiger partial charge in [-0.2, -0.15) is 0 Å². The minimum absolute atomic E-state index is 0.219. The molecule has 138 valence electrons. The van der Waals surface area contributed by atoms with E-state index in [2.05, 4.69) is 15.6 Å². The first kappa shape index (κ1) is 18.2. The largest absolute Gasteiger partial charge is 0.497 e. The van der Waals surface area contributed by atoms with Gasteiger partial charge in [0.1, 0.15) is 23.0 Å². The van der Waals surface area contributed by atoms with E-state index in [-0.39, 0.29) is 11.5 Å². The predicted octanol–water partition coefficient (Wildman–Crippen LogP) is 4.23. The first-order valence-electron chi connectivity index (χ1n) is 8.11. The smallest absolute Gasteiger partial charge is 0.274 e. The van der Waals surface area contributed by atoms with Crippen LogP contribution >= 0.6 is 0 Å². The van der Waals surface area contributed by atoms with Gasteiger partial charge in [-0.3, -0.25) is 9.78 Å². The van der Waals surface area contributed by atoms with Crippen LogP contribution in [0.4, 0.5) is 21.5 Å². The highest BCUT2D eigenvalue weighted by atomic mass is 19.1. The average molecular weight is 367 g/mol. The fourth-order valence-corrected chi connectivity index (χ4v) is 2.42. The van der Waals surface area contributed by atoms with Gasteiger partial charge in [-0.1, -0.05) is 0 Å². The fraction of sp³-hybridized carbons (Fsp3) is 0.100. The molecular formula is C20H18FN3O3. The lowest BCUT2D eigenvalue weighted by atomic mass is 10.2. The van der Waals surface area contributed by atoms with Gasteiger partial charge in [-0.15, -0.1) is 0 Å². The number of carbonyl (C=O) groups is 1. The third-order valence-corrected chi connectivity index (χ3v) is 3.78. The second-order valence-corrected chi connectivity index (χ2v) is 5.58. The number of aromatic nitrogens is 1. The zero-order valence-electron chi connectivity index (χ0n) is 14.8. The van der Waals surface area contributed by atoms with Crippen LogP contribution in [0.5, 0.6) is 11.5 Å². The lowest BCUT2D eigenvalue weighted by molar-refractivity contribution is 0.102. The van der Waals surface area contributed by atoms with Crippen molar-refractivity contribution < 1.29 is 18.7 Å². The summed E-state index contributed by atoms with van der Waals surface area (Å²) in [6, 6.07) is 14.2. The first-order chi connectivity index (χ1) is 13.1. The van der Waals surface area contributed by atoms with E-state index in [1.165, 1.54) is 30.5 Å². The Bertz CT molecular complexity index is 945. The normalized spacial score (nSPS) is 10.2. The summed E-state index contributed by atoms with van der Waals surface area (Å²) in [5.41, 5.74) is 2.09. The van der Waals surface area contributed by atoms with Gasteiger partial charge in [0.15, 0.2) is 0 Å². The van der Waals surface area contributed by atoms with Gasteiger partial charge in [0.25, 0.3) is 5.91 Å². The van der Waals surface area contributed by atoms with Gasteiger partial charge in [0.2, 0.25) is 0 Å². The van der Waals surface area contributed by atoms with Crippen molar-refractivity contribution >= 4 is 23.0 Å². The molecule has 0 aliphatic heterocycles. The summed E-state index contributed by atoms with van der Waals surface area (Å²) in [5.74, 6) is 0.507. The minimum atomic E-state index is -0.396. The lowest BCUT2D eigenvalue weighted by Crippen LogP contribution is -2.13. The van der Waals surface area contributed by atoms with Crippen LogP contribution in [0, 0.1) is 5.82 Å². The van der Waals surface area contributed by atoms with Crippen LogP contribution in [-0.4, -0.2) is 25.1 Å². The van der Waals surface area contributed by atoms with E-state index in [1.807, 2.05) is 6.07 Å². The Kier molecular flexibility index (Phi) is 5.51. The van der Waals surface area contributed by atoms with Crippen LogP contribution in [0.25, 0.3) is 0 Å². The molecule has 0 saturated carbocycles. The molecule has 2 aromatic carbocycles. The second kappa shape index (κ2) is 8.18. The quantitative estimate of drug-likeness (QED) is 0.682. The number of hydrogen-bond donors (Lipinski definition) is 2. The minimum Gasteiger partial charge on any atom is -0.497 e. The Morgan fingerprint density at radius 2 is 1.74 bits per heavy atom. The number of carbonyl (C=O) groups excluding carboxylic acids is 1. The Morgan fingerprint density at radius 3 is 2.44 bits per heavy atom. The molecule has 1 amide bonds. The molecule has 0 saturated heterocycles. The van der Waals surface area contributed by atoms with Crippen molar-refractivity contribution in [2.24, 2.45) is 0 Å². The van der Waals surface area contributed by atoms with E-state index in [1.54, 1.807) is 38.5 Å². The van der Waals surface area contributed by atoms with E-state index in [0.29, 0.717) is 22.9 Å². The number of methoxy groups -OCH3 is 2. The first-order valence-corrected chi connectivity index (χ1v) is 8.11. The molecule has 3 aromatic rings. The van der Waals surface area contributed by atoms with E-state index in [4.69, 9.17) is 9.47 Å². The van der Waals surface area contributed by atoms with Gasteiger partial charge >= 0.3 is 0 Å². The SMILES string of the molecule is COc1ccc(Nc2ccnc(C(=O)Nc3ccc(F)cc3)c2)c(OC)c1. The number of nitrogens with zero attached hydrogens (tertiary/aromatic N) is 1. The van der Waals surface area contributed by atoms with Gasteiger partial charge < -0.3 is 20.1 Å². The number of ether oxygens (including phenoxy) is 2. The highest BCUT2D eigenvalue weighted by Crippen LogP contribution is 2.31. The number of nitrogens with one attached hydrogen (secondary N) is 2. The Labute approximate surface area is 156 Å². The van der Waals surface area contributed by atoms with E-state index < -0.39 is 5.91 Å². The molecule has 1 heterocycles. The van der Waals surface area contributed by atoms with Gasteiger partial charge in [-0.05, 0) is 48.5 Å². The molecule has 0 atom stereocenters. The maximum atomic E-state index is 13.0. The predicted molar refractivity (Wildman–Crippen MR) is 101 cm³/mol. The highest BCUT2D eigenvalue weighted by molar-refractivity contribution is 6.03. The van der Waals surface area contributed by atoms with Crippen molar-refractivity contribution in [1.29, 1.82) is 0 Å². The summed E-state index contributed by atoms with van der Waals surface area (Å²) in [6.07, 6.45) is 1.53. The van der Waals surface area contributed by atoms with Gasteiger partial charge in [0, 0.05) is 23.6 Å². The van der Waals surface area contributed by atoms with Crippen LogP contribution in [-0.2, 0) is 0 Å². The molecule has 0 bridgehead atoms. The molecule has 0 fully saturated rings. The van der Waals surface area contributed by atoms with Crippen LogP contribution in [0.3, 0.4) is 0 Å². The molecule has 3 rings (SSSR count). The highest BCUT2D eigenvalue weighted by Gasteiger charge is 2.10. The van der Waals surface area contributed by atoms with Crippen molar-refractivity contribution in [2.45, 2.75) is 0 Å². The summed E-state index contributed by atoms with van der Waals surface area (Å²) < 4.78 is 23.5. The molecule has 2 N–H and O–H groups in total. The van der Waals surface area contributed by atoms with Crippen molar-refractivity contribution in [3.05, 3.63) is 72.3 Å². The van der Waals surface area contributed by atoms with Crippen LogP contribution in [0.1, 0.15) is 10.5 Å².